The number of rotatable bonds is 4. The minimum Gasteiger partial charge on any atom is -0.313 e. The number of aromatic nitrogens is 3. The average molecular weight is 180 g/mol. The molecule has 1 fully saturated rings. The highest BCUT2D eigenvalue weighted by Gasteiger charge is 2.20. The molecule has 0 bridgehead atoms. The molecule has 0 radical (unpaired) electrons. The number of nitrogens with one attached hydrogen (secondary N) is 1. The first-order valence-corrected chi connectivity index (χ1v) is 5.01. The molecule has 1 aliphatic rings. The maximum absolute atomic E-state index is 4.14. The second kappa shape index (κ2) is 3.87. The predicted octanol–water partition coefficient (Wildman–Crippen LogP) is 0.765. The van der Waals surface area contributed by atoms with Crippen molar-refractivity contribution >= 4 is 0 Å². The molecule has 72 valence electrons. The van der Waals surface area contributed by atoms with Crippen molar-refractivity contribution < 1.29 is 0 Å². The summed E-state index contributed by atoms with van der Waals surface area (Å²) in [4.78, 5) is 0. The summed E-state index contributed by atoms with van der Waals surface area (Å²) in [5, 5.41) is 11.4. The number of unbranched alkanes of at least 4 members (excludes halogenated alkanes) is 1. The molecule has 0 saturated carbocycles. The third-order valence-electron chi connectivity index (χ3n) is 2.55. The Bertz CT molecular complexity index is 264. The van der Waals surface area contributed by atoms with E-state index < -0.39 is 0 Å². The Morgan fingerprint density at radius 1 is 1.62 bits per heavy atom. The van der Waals surface area contributed by atoms with Crippen molar-refractivity contribution in [3.05, 3.63) is 12.2 Å². The Morgan fingerprint density at radius 2 is 2.46 bits per heavy atom. The fraction of sp³-hybridized carbons (Fsp3) is 0.778. The van der Waals surface area contributed by atoms with Crippen LogP contribution < -0.4 is 5.32 Å². The molecule has 1 N–H and O–H groups in total. The molecule has 0 amide bonds. The zero-order valence-electron chi connectivity index (χ0n) is 8.03. The number of hydrogen-bond donors (Lipinski definition) is 1. The minimum atomic E-state index is 0.599. The van der Waals surface area contributed by atoms with Gasteiger partial charge < -0.3 is 9.88 Å². The van der Waals surface area contributed by atoms with Crippen molar-refractivity contribution in [1.82, 2.24) is 20.1 Å². The highest BCUT2D eigenvalue weighted by Crippen LogP contribution is 2.14. The second-order valence-electron chi connectivity index (χ2n) is 3.57. The van der Waals surface area contributed by atoms with Gasteiger partial charge in [0.25, 0.3) is 0 Å². The van der Waals surface area contributed by atoms with Gasteiger partial charge in [0.1, 0.15) is 12.2 Å². The zero-order valence-corrected chi connectivity index (χ0v) is 8.03. The lowest BCUT2D eigenvalue weighted by Crippen LogP contribution is -2.43. The van der Waals surface area contributed by atoms with E-state index in [2.05, 4.69) is 27.0 Å². The van der Waals surface area contributed by atoms with Gasteiger partial charge in [0.15, 0.2) is 0 Å². The fourth-order valence-corrected chi connectivity index (χ4v) is 1.56. The molecular weight excluding hydrogens is 164 g/mol. The van der Waals surface area contributed by atoms with E-state index in [0.29, 0.717) is 6.04 Å². The topological polar surface area (TPSA) is 42.7 Å². The molecule has 0 aliphatic carbocycles. The molecular formula is C9H16N4. The summed E-state index contributed by atoms with van der Waals surface area (Å²) in [7, 11) is 0. The Hall–Kier alpha value is -0.900. The van der Waals surface area contributed by atoms with Crippen LogP contribution in [-0.4, -0.2) is 27.9 Å². The minimum absolute atomic E-state index is 0.599. The van der Waals surface area contributed by atoms with Gasteiger partial charge in [-0.15, -0.1) is 10.2 Å². The van der Waals surface area contributed by atoms with Gasteiger partial charge in [-0.25, -0.2) is 0 Å². The van der Waals surface area contributed by atoms with Crippen molar-refractivity contribution in [2.24, 2.45) is 0 Å². The average Bonchev–Trinajstić information content (AvgIpc) is 2.46. The number of nitrogens with zero attached hydrogens (tertiary/aromatic N) is 3. The molecule has 1 aliphatic heterocycles. The maximum Gasteiger partial charge on any atom is 0.133 e. The van der Waals surface area contributed by atoms with Gasteiger partial charge in [-0.2, -0.15) is 0 Å². The number of aryl methyl sites for hydroxylation is 1. The lowest BCUT2D eigenvalue weighted by atomic mass is 10.1. The van der Waals surface area contributed by atoms with E-state index >= 15 is 0 Å². The smallest absolute Gasteiger partial charge is 0.133 e. The van der Waals surface area contributed by atoms with Crippen LogP contribution in [0.4, 0.5) is 0 Å². The van der Waals surface area contributed by atoms with E-state index in [1.54, 1.807) is 0 Å². The third-order valence-corrected chi connectivity index (χ3v) is 2.55. The second-order valence-corrected chi connectivity index (χ2v) is 3.57. The molecule has 1 aromatic rings. The van der Waals surface area contributed by atoms with Crippen LogP contribution in [-0.2, 0) is 6.42 Å². The quantitative estimate of drug-likeness (QED) is 0.744. The lowest BCUT2D eigenvalue weighted by Gasteiger charge is -2.29. The van der Waals surface area contributed by atoms with Gasteiger partial charge in [0.05, 0.1) is 6.04 Å². The highest BCUT2D eigenvalue weighted by atomic mass is 15.3. The predicted molar refractivity (Wildman–Crippen MR) is 50.5 cm³/mol. The van der Waals surface area contributed by atoms with Crippen LogP contribution >= 0.6 is 0 Å². The first kappa shape index (κ1) is 8.69. The molecule has 2 heterocycles. The van der Waals surface area contributed by atoms with E-state index in [0.717, 1.165) is 25.3 Å². The van der Waals surface area contributed by atoms with Crippen molar-refractivity contribution in [2.45, 2.75) is 32.2 Å². The summed E-state index contributed by atoms with van der Waals surface area (Å²) >= 11 is 0. The summed E-state index contributed by atoms with van der Waals surface area (Å²) in [6.07, 6.45) is 5.35. The molecule has 2 rings (SSSR count). The molecule has 0 aromatic carbocycles. The van der Waals surface area contributed by atoms with Gasteiger partial charge in [0, 0.05) is 19.5 Å². The molecule has 13 heavy (non-hydrogen) atoms. The third kappa shape index (κ3) is 1.72. The Balaban J connectivity index is 2.02. The first-order valence-electron chi connectivity index (χ1n) is 5.01. The largest absolute Gasteiger partial charge is 0.313 e. The summed E-state index contributed by atoms with van der Waals surface area (Å²) in [6, 6.07) is 0.599. The van der Waals surface area contributed by atoms with Crippen molar-refractivity contribution in [1.29, 1.82) is 0 Å². The molecule has 0 atom stereocenters. The van der Waals surface area contributed by atoms with E-state index in [1.807, 2.05) is 6.33 Å². The van der Waals surface area contributed by atoms with Crippen molar-refractivity contribution in [2.75, 3.05) is 13.1 Å². The van der Waals surface area contributed by atoms with E-state index in [1.165, 1.54) is 12.8 Å². The molecule has 1 saturated heterocycles. The highest BCUT2D eigenvalue weighted by molar-refractivity contribution is 4.94. The summed E-state index contributed by atoms with van der Waals surface area (Å²) in [5.74, 6) is 1.15. The van der Waals surface area contributed by atoms with Gasteiger partial charge in [-0.3, -0.25) is 0 Å². The molecule has 4 heteroatoms. The normalized spacial score (nSPS) is 17.3. The summed E-state index contributed by atoms with van der Waals surface area (Å²) in [5.41, 5.74) is 0. The SMILES string of the molecule is CCCCc1nncn1C1CNC1. The van der Waals surface area contributed by atoms with E-state index in [9.17, 15) is 0 Å². The molecule has 0 spiro atoms. The van der Waals surface area contributed by atoms with E-state index in [-0.39, 0.29) is 0 Å². The lowest BCUT2D eigenvalue weighted by molar-refractivity contribution is 0.334. The van der Waals surface area contributed by atoms with Crippen LogP contribution in [0.3, 0.4) is 0 Å². The fourth-order valence-electron chi connectivity index (χ4n) is 1.56. The van der Waals surface area contributed by atoms with Gasteiger partial charge >= 0.3 is 0 Å². The van der Waals surface area contributed by atoms with E-state index in [4.69, 9.17) is 0 Å². The van der Waals surface area contributed by atoms with Gasteiger partial charge in [-0.05, 0) is 6.42 Å². The molecule has 0 unspecified atom stereocenters. The van der Waals surface area contributed by atoms with Crippen LogP contribution in [0, 0.1) is 0 Å². The van der Waals surface area contributed by atoms with Gasteiger partial charge in [-0.1, -0.05) is 13.3 Å². The van der Waals surface area contributed by atoms with Crippen LogP contribution in [0.2, 0.25) is 0 Å². The summed E-state index contributed by atoms with van der Waals surface area (Å²) < 4.78 is 2.21. The molecule has 4 nitrogen and oxygen atoms in total. The maximum atomic E-state index is 4.14. The Kier molecular flexibility index (Phi) is 2.59. The van der Waals surface area contributed by atoms with Crippen LogP contribution in [0.5, 0.6) is 0 Å². The summed E-state index contributed by atoms with van der Waals surface area (Å²) in [6.45, 7) is 4.33. The van der Waals surface area contributed by atoms with Crippen LogP contribution in [0.1, 0.15) is 31.6 Å². The monoisotopic (exact) mass is 180 g/mol. The zero-order chi connectivity index (χ0) is 9.10. The van der Waals surface area contributed by atoms with Crippen molar-refractivity contribution in [3.8, 4) is 0 Å². The standard InChI is InChI=1S/C9H16N4/c1-2-3-4-9-12-11-7-13(9)8-5-10-6-8/h7-8,10H,2-6H2,1H3. The van der Waals surface area contributed by atoms with Gasteiger partial charge in [0.2, 0.25) is 0 Å². The molecule has 1 aromatic heterocycles. The number of hydrogen-bond acceptors (Lipinski definition) is 3. The van der Waals surface area contributed by atoms with Crippen LogP contribution in [0.15, 0.2) is 6.33 Å². The van der Waals surface area contributed by atoms with Crippen LogP contribution in [0.25, 0.3) is 0 Å². The Labute approximate surface area is 78.4 Å². The van der Waals surface area contributed by atoms with Crippen molar-refractivity contribution in [3.63, 3.8) is 0 Å². The Morgan fingerprint density at radius 3 is 3.08 bits per heavy atom. The first-order chi connectivity index (χ1) is 6.42.